The highest BCUT2D eigenvalue weighted by Crippen LogP contribution is 2.24. The van der Waals surface area contributed by atoms with Crippen LogP contribution in [-0.2, 0) is 9.53 Å². The zero-order valence-electron chi connectivity index (χ0n) is 15.2. The molecule has 2 aromatic heterocycles. The van der Waals surface area contributed by atoms with Gasteiger partial charge in [0.1, 0.15) is 5.75 Å². The van der Waals surface area contributed by atoms with Crippen LogP contribution in [0.25, 0.3) is 5.65 Å². The van der Waals surface area contributed by atoms with Crippen LogP contribution in [0.15, 0.2) is 36.4 Å². The zero-order valence-corrected chi connectivity index (χ0v) is 15.2. The molecule has 0 bridgehead atoms. The van der Waals surface area contributed by atoms with Crippen molar-refractivity contribution in [1.82, 2.24) is 25.3 Å². The molecule has 1 aliphatic heterocycles. The molecule has 0 N–H and O–H groups in total. The third-order valence-electron chi connectivity index (χ3n) is 4.70. The molecule has 3 aromatic rings. The zero-order chi connectivity index (χ0) is 19.5. The maximum Gasteiger partial charge on any atom is 0.337 e. The SMILES string of the molecule is COC(=O)c1ccc(OC(=O)C2CCN(c3ccc4nnnn4n3)CC2)cc1. The van der Waals surface area contributed by atoms with Gasteiger partial charge in [-0.05, 0) is 59.7 Å². The third kappa shape index (κ3) is 3.61. The summed E-state index contributed by atoms with van der Waals surface area (Å²) in [5.41, 5.74) is 0.989. The van der Waals surface area contributed by atoms with Gasteiger partial charge in [0.2, 0.25) is 0 Å². The normalized spacial score (nSPS) is 14.8. The van der Waals surface area contributed by atoms with Crippen molar-refractivity contribution >= 4 is 23.4 Å². The van der Waals surface area contributed by atoms with E-state index in [4.69, 9.17) is 4.74 Å². The van der Waals surface area contributed by atoms with E-state index in [9.17, 15) is 9.59 Å². The van der Waals surface area contributed by atoms with E-state index in [1.54, 1.807) is 30.3 Å². The van der Waals surface area contributed by atoms with E-state index in [0.717, 1.165) is 5.82 Å². The molecule has 0 atom stereocenters. The Morgan fingerprint density at radius 2 is 1.82 bits per heavy atom. The van der Waals surface area contributed by atoms with Crippen LogP contribution in [0.2, 0.25) is 0 Å². The third-order valence-corrected chi connectivity index (χ3v) is 4.70. The van der Waals surface area contributed by atoms with E-state index in [0.29, 0.717) is 42.9 Å². The van der Waals surface area contributed by atoms with Crippen LogP contribution in [0.3, 0.4) is 0 Å². The quantitative estimate of drug-likeness (QED) is 0.484. The molecule has 0 spiro atoms. The molecule has 1 aliphatic rings. The van der Waals surface area contributed by atoms with E-state index in [-0.39, 0.29) is 11.9 Å². The Kier molecular flexibility index (Phi) is 4.83. The topological polar surface area (TPSA) is 112 Å². The molecule has 10 heteroatoms. The largest absolute Gasteiger partial charge is 0.465 e. The molecule has 0 amide bonds. The van der Waals surface area contributed by atoms with Gasteiger partial charge in [-0.15, -0.1) is 14.8 Å². The molecule has 144 valence electrons. The molecule has 28 heavy (non-hydrogen) atoms. The van der Waals surface area contributed by atoms with Gasteiger partial charge >= 0.3 is 11.9 Å². The Balaban J connectivity index is 1.34. The maximum atomic E-state index is 12.4. The van der Waals surface area contributed by atoms with Crippen molar-refractivity contribution in [2.45, 2.75) is 12.8 Å². The molecule has 4 rings (SSSR count). The molecular weight excluding hydrogens is 364 g/mol. The molecule has 0 radical (unpaired) electrons. The number of carbonyl (C=O) groups is 2. The van der Waals surface area contributed by atoms with Gasteiger partial charge in [-0.3, -0.25) is 4.79 Å². The average molecular weight is 382 g/mol. The Hall–Kier alpha value is -3.56. The van der Waals surface area contributed by atoms with Crippen molar-refractivity contribution in [2.75, 3.05) is 25.1 Å². The second-order valence-corrected chi connectivity index (χ2v) is 6.42. The van der Waals surface area contributed by atoms with E-state index >= 15 is 0 Å². The molecule has 1 fully saturated rings. The number of piperidine rings is 1. The summed E-state index contributed by atoms with van der Waals surface area (Å²) < 4.78 is 11.5. The molecule has 0 unspecified atom stereocenters. The van der Waals surface area contributed by atoms with Gasteiger partial charge in [0, 0.05) is 13.1 Å². The summed E-state index contributed by atoms with van der Waals surface area (Å²) in [4.78, 5) is 26.0. The number of fused-ring (bicyclic) bond motifs is 1. The highest BCUT2D eigenvalue weighted by atomic mass is 16.5. The van der Waals surface area contributed by atoms with Crippen molar-refractivity contribution in [1.29, 1.82) is 0 Å². The van der Waals surface area contributed by atoms with E-state index < -0.39 is 5.97 Å². The first-order valence-electron chi connectivity index (χ1n) is 8.84. The Morgan fingerprint density at radius 3 is 2.54 bits per heavy atom. The minimum absolute atomic E-state index is 0.187. The fourth-order valence-corrected chi connectivity index (χ4v) is 3.13. The predicted molar refractivity (Wildman–Crippen MR) is 96.9 cm³/mol. The van der Waals surface area contributed by atoms with Gasteiger partial charge in [-0.1, -0.05) is 0 Å². The van der Waals surface area contributed by atoms with Gasteiger partial charge in [-0.2, -0.15) is 0 Å². The number of hydrogen-bond donors (Lipinski definition) is 0. The number of nitrogens with zero attached hydrogens (tertiary/aromatic N) is 6. The minimum atomic E-state index is -0.432. The number of aromatic nitrogens is 5. The van der Waals surface area contributed by atoms with Crippen LogP contribution in [0.4, 0.5) is 5.82 Å². The number of hydrogen-bond acceptors (Lipinski definition) is 9. The van der Waals surface area contributed by atoms with Crippen LogP contribution < -0.4 is 9.64 Å². The second kappa shape index (κ2) is 7.59. The predicted octanol–water partition coefficient (Wildman–Crippen LogP) is 1.13. The average Bonchev–Trinajstić information content (AvgIpc) is 3.21. The number of esters is 2. The first-order chi connectivity index (χ1) is 13.6. The number of anilines is 1. The van der Waals surface area contributed by atoms with Crippen molar-refractivity contribution in [3.05, 3.63) is 42.0 Å². The summed E-state index contributed by atoms with van der Waals surface area (Å²) in [6.07, 6.45) is 1.32. The fraction of sp³-hybridized carbons (Fsp3) is 0.333. The molecule has 0 aliphatic carbocycles. The Morgan fingerprint density at radius 1 is 1.07 bits per heavy atom. The number of carbonyl (C=O) groups excluding carboxylic acids is 2. The van der Waals surface area contributed by atoms with Crippen molar-refractivity contribution in [3.63, 3.8) is 0 Å². The minimum Gasteiger partial charge on any atom is -0.465 e. The van der Waals surface area contributed by atoms with Crippen LogP contribution in [-0.4, -0.2) is 57.4 Å². The number of benzene rings is 1. The Bertz CT molecular complexity index is 995. The summed E-state index contributed by atoms with van der Waals surface area (Å²) >= 11 is 0. The molecule has 1 aromatic carbocycles. The van der Waals surface area contributed by atoms with E-state index in [1.807, 2.05) is 6.07 Å². The lowest BCUT2D eigenvalue weighted by Gasteiger charge is -2.31. The number of tetrazole rings is 1. The summed E-state index contributed by atoms with van der Waals surface area (Å²) in [6, 6.07) is 9.98. The second-order valence-electron chi connectivity index (χ2n) is 6.42. The summed E-state index contributed by atoms with van der Waals surface area (Å²) in [6.45, 7) is 1.36. The number of rotatable bonds is 4. The van der Waals surface area contributed by atoms with E-state index in [1.165, 1.54) is 11.7 Å². The Labute approximate surface area is 160 Å². The standard InChI is InChI=1S/C18H18N6O4/c1-27-17(25)12-2-4-14(5-3-12)28-18(26)13-8-10-23(11-9-13)16-7-6-15-19-21-22-24(15)20-16/h2-7,13H,8-11H2,1H3. The summed E-state index contributed by atoms with van der Waals surface area (Å²) in [7, 11) is 1.32. The van der Waals surface area contributed by atoms with Gasteiger partial charge < -0.3 is 14.4 Å². The van der Waals surface area contributed by atoms with Crippen LogP contribution in [0.1, 0.15) is 23.2 Å². The van der Waals surface area contributed by atoms with Gasteiger partial charge in [0.05, 0.1) is 18.6 Å². The lowest BCUT2D eigenvalue weighted by molar-refractivity contribution is -0.139. The van der Waals surface area contributed by atoms with E-state index in [2.05, 4.69) is 30.3 Å². The maximum absolute atomic E-state index is 12.4. The van der Waals surface area contributed by atoms with Gasteiger partial charge in [0.25, 0.3) is 0 Å². The number of methoxy groups -OCH3 is 1. The van der Waals surface area contributed by atoms with Crippen molar-refractivity contribution in [2.24, 2.45) is 5.92 Å². The van der Waals surface area contributed by atoms with Crippen LogP contribution in [0.5, 0.6) is 5.75 Å². The highest BCUT2D eigenvalue weighted by Gasteiger charge is 2.27. The smallest absolute Gasteiger partial charge is 0.337 e. The van der Waals surface area contributed by atoms with Gasteiger partial charge in [0.15, 0.2) is 11.5 Å². The first kappa shape index (κ1) is 17.8. The fourth-order valence-electron chi connectivity index (χ4n) is 3.13. The molecule has 1 saturated heterocycles. The number of ether oxygens (including phenoxy) is 2. The molecule has 3 heterocycles. The lowest BCUT2D eigenvalue weighted by Crippen LogP contribution is -2.38. The van der Waals surface area contributed by atoms with Gasteiger partial charge in [-0.25, -0.2) is 4.79 Å². The first-order valence-corrected chi connectivity index (χ1v) is 8.84. The van der Waals surface area contributed by atoms with Crippen molar-refractivity contribution < 1.29 is 19.1 Å². The highest BCUT2D eigenvalue weighted by molar-refractivity contribution is 5.89. The summed E-state index contributed by atoms with van der Waals surface area (Å²) in [5.74, 6) is 0.289. The van der Waals surface area contributed by atoms with Crippen LogP contribution in [0, 0.1) is 5.92 Å². The van der Waals surface area contributed by atoms with Crippen molar-refractivity contribution in [3.8, 4) is 5.75 Å². The summed E-state index contributed by atoms with van der Waals surface area (Å²) in [5, 5.41) is 15.6. The monoisotopic (exact) mass is 382 g/mol. The molecule has 0 saturated carbocycles. The lowest BCUT2D eigenvalue weighted by atomic mass is 9.97. The van der Waals surface area contributed by atoms with Crippen LogP contribution >= 0.6 is 0 Å². The molecular formula is C18H18N6O4. The molecule has 10 nitrogen and oxygen atoms in total.